The molecule has 0 saturated carbocycles. The molecule has 1 aliphatic rings. The lowest BCUT2D eigenvalue weighted by Crippen LogP contribution is -2.43. The molecular formula is C19H24ClN3O4S. The Morgan fingerprint density at radius 3 is 2.32 bits per heavy atom. The predicted octanol–water partition coefficient (Wildman–Crippen LogP) is 2.48. The van der Waals surface area contributed by atoms with Crippen LogP contribution in [-0.2, 0) is 10.0 Å². The summed E-state index contributed by atoms with van der Waals surface area (Å²) < 4.78 is 33.0. The van der Waals surface area contributed by atoms with Crippen molar-refractivity contribution < 1.29 is 17.9 Å². The standard InChI is InChI=1S/C19H23N3O4S.ClH/c1-26-15-6-8-16(9-7-15)27(24,25)21-18-5-3-2-4-17(18)19(23)22-12-10-14(20)11-13-22;/h2-9,14,21H,10-13,20H2,1H3;1H. The van der Waals surface area contributed by atoms with Crippen LogP contribution in [0.25, 0.3) is 0 Å². The summed E-state index contributed by atoms with van der Waals surface area (Å²) in [6, 6.07) is 12.8. The normalized spacial score (nSPS) is 14.9. The summed E-state index contributed by atoms with van der Waals surface area (Å²) in [7, 11) is -2.32. The molecule has 2 aromatic carbocycles. The van der Waals surface area contributed by atoms with Gasteiger partial charge in [0.1, 0.15) is 5.75 Å². The van der Waals surface area contributed by atoms with Gasteiger partial charge in [0.2, 0.25) is 0 Å². The van der Waals surface area contributed by atoms with E-state index >= 15 is 0 Å². The number of para-hydroxylation sites is 1. The summed E-state index contributed by atoms with van der Waals surface area (Å²) in [6.07, 6.45) is 1.48. The number of rotatable bonds is 5. The van der Waals surface area contributed by atoms with Gasteiger partial charge < -0.3 is 15.4 Å². The van der Waals surface area contributed by atoms with Gasteiger partial charge in [-0.25, -0.2) is 8.42 Å². The number of methoxy groups -OCH3 is 1. The zero-order valence-electron chi connectivity index (χ0n) is 15.5. The van der Waals surface area contributed by atoms with E-state index in [2.05, 4.69) is 4.72 Å². The smallest absolute Gasteiger partial charge is 0.261 e. The number of nitrogens with two attached hydrogens (primary N) is 1. The van der Waals surface area contributed by atoms with Crippen LogP contribution in [0.4, 0.5) is 5.69 Å². The lowest BCUT2D eigenvalue weighted by Gasteiger charge is -2.30. The first kappa shape index (κ1) is 22.0. The summed E-state index contributed by atoms with van der Waals surface area (Å²) in [4.78, 5) is 14.7. The van der Waals surface area contributed by atoms with E-state index in [1.165, 1.54) is 19.2 Å². The Labute approximate surface area is 171 Å². The SMILES string of the molecule is COc1ccc(S(=O)(=O)Nc2ccccc2C(=O)N2CCC(N)CC2)cc1.Cl. The number of likely N-dealkylation sites (tertiary alicyclic amines) is 1. The molecule has 28 heavy (non-hydrogen) atoms. The average Bonchev–Trinajstić information content (AvgIpc) is 2.68. The van der Waals surface area contributed by atoms with Crippen LogP contribution in [0.15, 0.2) is 53.4 Å². The molecule has 1 aliphatic heterocycles. The number of sulfonamides is 1. The van der Waals surface area contributed by atoms with Crippen molar-refractivity contribution >= 4 is 34.0 Å². The Morgan fingerprint density at radius 2 is 1.71 bits per heavy atom. The number of hydrogen-bond donors (Lipinski definition) is 2. The van der Waals surface area contributed by atoms with Gasteiger partial charge >= 0.3 is 0 Å². The highest BCUT2D eigenvalue weighted by Crippen LogP contribution is 2.24. The largest absolute Gasteiger partial charge is 0.497 e. The van der Waals surface area contributed by atoms with Crippen LogP contribution >= 0.6 is 12.4 Å². The number of halogens is 1. The van der Waals surface area contributed by atoms with E-state index < -0.39 is 10.0 Å². The number of amides is 1. The Bertz CT molecular complexity index is 911. The zero-order chi connectivity index (χ0) is 19.4. The van der Waals surface area contributed by atoms with E-state index in [9.17, 15) is 13.2 Å². The number of nitrogens with zero attached hydrogens (tertiary/aromatic N) is 1. The maximum Gasteiger partial charge on any atom is 0.261 e. The third-order valence-corrected chi connectivity index (χ3v) is 5.98. The molecule has 1 amide bonds. The van der Waals surface area contributed by atoms with Crippen LogP contribution in [0.3, 0.4) is 0 Å². The predicted molar refractivity (Wildman–Crippen MR) is 111 cm³/mol. The first-order valence-electron chi connectivity index (χ1n) is 8.71. The first-order valence-corrected chi connectivity index (χ1v) is 10.2. The van der Waals surface area contributed by atoms with Crippen molar-refractivity contribution in [3.8, 4) is 5.75 Å². The van der Waals surface area contributed by atoms with Gasteiger partial charge in [-0.1, -0.05) is 12.1 Å². The minimum Gasteiger partial charge on any atom is -0.497 e. The van der Waals surface area contributed by atoms with Gasteiger partial charge in [-0.05, 0) is 49.2 Å². The monoisotopic (exact) mass is 425 g/mol. The second kappa shape index (κ2) is 9.27. The van der Waals surface area contributed by atoms with Gasteiger partial charge in [0.05, 0.1) is 23.3 Å². The lowest BCUT2D eigenvalue weighted by atomic mass is 10.0. The fraction of sp³-hybridized carbons (Fsp3) is 0.316. The molecule has 9 heteroatoms. The molecule has 7 nitrogen and oxygen atoms in total. The quantitative estimate of drug-likeness (QED) is 0.766. The molecule has 0 aromatic heterocycles. The molecule has 3 N–H and O–H groups in total. The van der Waals surface area contributed by atoms with Crippen molar-refractivity contribution in [2.24, 2.45) is 5.73 Å². The number of anilines is 1. The van der Waals surface area contributed by atoms with Crippen LogP contribution in [0.5, 0.6) is 5.75 Å². The molecule has 0 spiro atoms. The molecule has 2 aromatic rings. The number of piperidine rings is 1. The number of carbonyl (C=O) groups is 1. The highest BCUT2D eigenvalue weighted by molar-refractivity contribution is 7.92. The van der Waals surface area contributed by atoms with Crippen LogP contribution < -0.4 is 15.2 Å². The Balaban J connectivity index is 0.00000280. The van der Waals surface area contributed by atoms with Gasteiger partial charge in [0, 0.05) is 19.1 Å². The van der Waals surface area contributed by atoms with Gasteiger partial charge in [0.15, 0.2) is 0 Å². The minimum atomic E-state index is -3.83. The molecule has 1 fully saturated rings. The number of benzene rings is 2. The molecule has 1 heterocycles. The number of carbonyl (C=O) groups excluding carboxylic acids is 1. The van der Waals surface area contributed by atoms with Gasteiger partial charge in [-0.3, -0.25) is 9.52 Å². The molecule has 3 rings (SSSR count). The van der Waals surface area contributed by atoms with Crippen LogP contribution in [0, 0.1) is 0 Å². The Kier molecular flexibility index (Phi) is 7.29. The summed E-state index contributed by atoms with van der Waals surface area (Å²) in [6.45, 7) is 1.14. The van der Waals surface area contributed by atoms with Crippen molar-refractivity contribution in [2.75, 3.05) is 24.9 Å². The molecule has 152 valence electrons. The fourth-order valence-electron chi connectivity index (χ4n) is 2.99. The molecular weight excluding hydrogens is 402 g/mol. The van der Waals surface area contributed by atoms with Crippen molar-refractivity contribution in [3.63, 3.8) is 0 Å². The molecule has 0 aliphatic carbocycles. The first-order chi connectivity index (χ1) is 12.9. The summed E-state index contributed by atoms with van der Waals surface area (Å²) in [5.41, 5.74) is 6.48. The van der Waals surface area contributed by atoms with Crippen LogP contribution in [0.1, 0.15) is 23.2 Å². The van der Waals surface area contributed by atoms with Crippen molar-refractivity contribution in [2.45, 2.75) is 23.8 Å². The molecule has 0 atom stereocenters. The maximum absolute atomic E-state index is 12.9. The van der Waals surface area contributed by atoms with E-state index in [0.717, 1.165) is 12.8 Å². The van der Waals surface area contributed by atoms with Crippen molar-refractivity contribution in [1.29, 1.82) is 0 Å². The van der Waals surface area contributed by atoms with Gasteiger partial charge in [-0.15, -0.1) is 12.4 Å². The number of hydrogen-bond acceptors (Lipinski definition) is 5. The maximum atomic E-state index is 12.9. The summed E-state index contributed by atoms with van der Waals surface area (Å²) in [5.74, 6) is 0.364. The fourth-order valence-corrected chi connectivity index (χ4v) is 4.07. The lowest BCUT2D eigenvalue weighted by molar-refractivity contribution is 0.0716. The molecule has 0 unspecified atom stereocenters. The van der Waals surface area contributed by atoms with E-state index in [1.807, 2.05) is 0 Å². The number of ether oxygens (including phenoxy) is 1. The van der Waals surface area contributed by atoms with Crippen molar-refractivity contribution in [3.05, 3.63) is 54.1 Å². The minimum absolute atomic E-state index is 0. The third kappa shape index (κ3) is 4.95. The summed E-state index contributed by atoms with van der Waals surface area (Å²) in [5, 5.41) is 0. The van der Waals surface area contributed by atoms with E-state index in [1.54, 1.807) is 41.3 Å². The molecule has 0 radical (unpaired) electrons. The summed E-state index contributed by atoms with van der Waals surface area (Å²) >= 11 is 0. The van der Waals surface area contributed by atoms with E-state index in [-0.39, 0.29) is 34.9 Å². The van der Waals surface area contributed by atoms with Gasteiger partial charge in [0.25, 0.3) is 15.9 Å². The van der Waals surface area contributed by atoms with Crippen molar-refractivity contribution in [1.82, 2.24) is 4.90 Å². The Hall–Kier alpha value is -2.29. The second-order valence-electron chi connectivity index (χ2n) is 6.46. The zero-order valence-corrected chi connectivity index (χ0v) is 17.1. The second-order valence-corrected chi connectivity index (χ2v) is 8.14. The van der Waals surface area contributed by atoms with Crippen LogP contribution in [-0.4, -0.2) is 45.5 Å². The van der Waals surface area contributed by atoms with Gasteiger partial charge in [-0.2, -0.15) is 0 Å². The average molecular weight is 426 g/mol. The topological polar surface area (TPSA) is 102 Å². The molecule has 0 bridgehead atoms. The Morgan fingerprint density at radius 1 is 1.11 bits per heavy atom. The third-order valence-electron chi connectivity index (χ3n) is 4.60. The number of nitrogens with one attached hydrogen (secondary N) is 1. The van der Waals surface area contributed by atoms with Crippen LogP contribution in [0.2, 0.25) is 0 Å². The highest BCUT2D eigenvalue weighted by atomic mass is 35.5. The van der Waals surface area contributed by atoms with E-state index in [0.29, 0.717) is 24.4 Å². The van der Waals surface area contributed by atoms with E-state index in [4.69, 9.17) is 10.5 Å². The highest BCUT2D eigenvalue weighted by Gasteiger charge is 2.25. The molecule has 1 saturated heterocycles.